The van der Waals surface area contributed by atoms with Gasteiger partial charge in [0, 0.05) is 39.8 Å². The minimum atomic E-state index is -0.521. The van der Waals surface area contributed by atoms with Crippen LogP contribution in [-0.4, -0.2) is 86.1 Å². The molecule has 0 atom stereocenters. The van der Waals surface area contributed by atoms with Gasteiger partial charge in [-0.15, -0.1) is 0 Å². The highest BCUT2D eigenvalue weighted by Gasteiger charge is 2.23. The van der Waals surface area contributed by atoms with Crippen LogP contribution in [-0.2, 0) is 25.7 Å². The molecule has 1 heterocycles. The van der Waals surface area contributed by atoms with Crippen LogP contribution in [0, 0.1) is 0 Å². The second-order valence-corrected chi connectivity index (χ2v) is 6.09. The first-order chi connectivity index (χ1) is 12.6. The van der Waals surface area contributed by atoms with Crippen molar-refractivity contribution < 1.29 is 23.9 Å². The van der Waals surface area contributed by atoms with Crippen molar-refractivity contribution in [2.45, 2.75) is 6.61 Å². The van der Waals surface area contributed by atoms with Crippen molar-refractivity contribution in [2.75, 3.05) is 52.9 Å². The fourth-order valence-electron chi connectivity index (χ4n) is 2.65. The van der Waals surface area contributed by atoms with Gasteiger partial charge in [0.2, 0.25) is 5.91 Å². The minimum Gasteiger partial charge on any atom is -0.467 e. The number of amides is 2. The number of benzene rings is 1. The highest BCUT2D eigenvalue weighted by Crippen LogP contribution is 2.05. The van der Waals surface area contributed by atoms with Crippen molar-refractivity contribution in [3.05, 3.63) is 35.9 Å². The molecule has 1 aromatic carbocycles. The Labute approximate surface area is 153 Å². The molecule has 1 aliphatic heterocycles. The van der Waals surface area contributed by atoms with Crippen molar-refractivity contribution in [1.29, 1.82) is 0 Å². The maximum absolute atomic E-state index is 12.3. The number of piperazine rings is 1. The van der Waals surface area contributed by atoms with Gasteiger partial charge in [0.05, 0.1) is 0 Å². The van der Waals surface area contributed by atoms with E-state index in [-0.39, 0.29) is 19.1 Å². The summed E-state index contributed by atoms with van der Waals surface area (Å²) >= 11 is 0. The van der Waals surface area contributed by atoms with Gasteiger partial charge in [0.25, 0.3) is 6.47 Å². The number of hydrogen-bond donors (Lipinski definition) is 0. The third kappa shape index (κ3) is 6.36. The lowest BCUT2D eigenvalue weighted by Crippen LogP contribution is -2.51. The van der Waals surface area contributed by atoms with E-state index in [1.807, 2.05) is 30.3 Å². The molecule has 1 saturated heterocycles. The molecule has 2 rings (SSSR count). The molecule has 0 bridgehead atoms. The van der Waals surface area contributed by atoms with Gasteiger partial charge < -0.3 is 19.3 Å². The average Bonchev–Trinajstić information content (AvgIpc) is 2.67. The van der Waals surface area contributed by atoms with Crippen LogP contribution >= 0.6 is 0 Å². The Balaban J connectivity index is 1.68. The fraction of sp³-hybridized carbons (Fsp3) is 0.500. The molecule has 1 aromatic rings. The van der Waals surface area contributed by atoms with Gasteiger partial charge in [-0.1, -0.05) is 30.3 Å². The summed E-state index contributed by atoms with van der Waals surface area (Å²) in [5.41, 5.74) is 0.898. The first-order valence-corrected chi connectivity index (χ1v) is 8.57. The van der Waals surface area contributed by atoms with E-state index in [1.54, 1.807) is 11.9 Å². The Kier molecular flexibility index (Phi) is 7.88. The number of likely N-dealkylation sites (N-methyl/N-ethyl adjacent to an activating group) is 1. The zero-order valence-corrected chi connectivity index (χ0v) is 15.0. The maximum atomic E-state index is 12.3. The predicted molar refractivity (Wildman–Crippen MR) is 94.3 cm³/mol. The van der Waals surface area contributed by atoms with E-state index < -0.39 is 6.09 Å². The Morgan fingerprint density at radius 3 is 2.50 bits per heavy atom. The number of nitrogens with zero attached hydrogens (tertiary/aromatic N) is 3. The van der Waals surface area contributed by atoms with Crippen molar-refractivity contribution in [1.82, 2.24) is 14.7 Å². The van der Waals surface area contributed by atoms with Gasteiger partial charge in [0.1, 0.15) is 19.8 Å². The first kappa shape index (κ1) is 19.7. The zero-order valence-electron chi connectivity index (χ0n) is 15.0. The largest absolute Gasteiger partial charge is 0.467 e. The molecule has 0 unspecified atom stereocenters. The molecule has 142 valence electrons. The lowest BCUT2D eigenvalue weighted by Gasteiger charge is -2.35. The Morgan fingerprint density at radius 2 is 1.85 bits per heavy atom. The van der Waals surface area contributed by atoms with Crippen LogP contribution in [0.25, 0.3) is 0 Å². The number of carbonyl (C=O) groups is 3. The van der Waals surface area contributed by atoms with Gasteiger partial charge in [-0.25, -0.2) is 4.79 Å². The molecular weight excluding hydrogens is 338 g/mol. The van der Waals surface area contributed by atoms with Gasteiger partial charge in [-0.2, -0.15) is 0 Å². The van der Waals surface area contributed by atoms with E-state index in [9.17, 15) is 14.4 Å². The molecule has 0 saturated carbocycles. The van der Waals surface area contributed by atoms with Gasteiger partial charge in [0.15, 0.2) is 0 Å². The summed E-state index contributed by atoms with van der Waals surface area (Å²) < 4.78 is 9.90. The molecule has 26 heavy (non-hydrogen) atoms. The quantitative estimate of drug-likeness (QED) is 0.496. The number of rotatable bonds is 8. The zero-order chi connectivity index (χ0) is 18.8. The van der Waals surface area contributed by atoms with E-state index >= 15 is 0 Å². The highest BCUT2D eigenvalue weighted by atomic mass is 16.6. The van der Waals surface area contributed by atoms with E-state index in [4.69, 9.17) is 4.74 Å². The minimum absolute atomic E-state index is 0.0120. The SMILES string of the molecule is CN(CC(=O)N1CCN(CCOC=O)CC1)C(=O)OCc1ccccc1. The molecule has 1 fully saturated rings. The van der Waals surface area contributed by atoms with Crippen LogP contribution in [0.2, 0.25) is 0 Å². The second kappa shape index (κ2) is 10.4. The third-order valence-corrected chi connectivity index (χ3v) is 4.21. The first-order valence-electron chi connectivity index (χ1n) is 8.57. The molecule has 2 amide bonds. The normalized spacial score (nSPS) is 14.6. The van der Waals surface area contributed by atoms with E-state index in [2.05, 4.69) is 9.64 Å². The monoisotopic (exact) mass is 363 g/mol. The predicted octanol–water partition coefficient (Wildman–Crippen LogP) is 0.572. The fourth-order valence-corrected chi connectivity index (χ4v) is 2.65. The van der Waals surface area contributed by atoms with Crippen LogP contribution in [0.5, 0.6) is 0 Å². The summed E-state index contributed by atoms with van der Waals surface area (Å²) in [6.07, 6.45) is -0.521. The van der Waals surface area contributed by atoms with Crippen LogP contribution < -0.4 is 0 Å². The Hall–Kier alpha value is -2.61. The summed E-state index contributed by atoms with van der Waals surface area (Å²) in [5.74, 6) is -0.104. The molecule has 0 aromatic heterocycles. The maximum Gasteiger partial charge on any atom is 0.410 e. The number of hydrogen-bond acceptors (Lipinski definition) is 6. The molecule has 0 radical (unpaired) electrons. The van der Waals surface area contributed by atoms with Crippen LogP contribution in [0.4, 0.5) is 4.79 Å². The van der Waals surface area contributed by atoms with Crippen LogP contribution in [0.15, 0.2) is 30.3 Å². The average molecular weight is 363 g/mol. The molecule has 0 aliphatic carbocycles. The summed E-state index contributed by atoms with van der Waals surface area (Å²) in [7, 11) is 1.55. The van der Waals surface area contributed by atoms with Gasteiger partial charge in [-0.3, -0.25) is 14.5 Å². The molecular formula is C18H25N3O5. The summed E-state index contributed by atoms with van der Waals surface area (Å²) in [6, 6.07) is 9.39. The molecule has 8 nitrogen and oxygen atoms in total. The molecule has 1 aliphatic rings. The summed E-state index contributed by atoms with van der Waals surface area (Å²) in [5, 5.41) is 0. The van der Waals surface area contributed by atoms with Crippen molar-refractivity contribution >= 4 is 18.5 Å². The lowest BCUT2D eigenvalue weighted by molar-refractivity contribution is -0.133. The smallest absolute Gasteiger partial charge is 0.410 e. The van der Waals surface area contributed by atoms with Crippen molar-refractivity contribution in [3.63, 3.8) is 0 Å². The van der Waals surface area contributed by atoms with E-state index in [0.29, 0.717) is 32.7 Å². The summed E-state index contributed by atoms with van der Waals surface area (Å²) in [4.78, 5) is 39.6. The Morgan fingerprint density at radius 1 is 1.15 bits per heavy atom. The number of carbonyl (C=O) groups excluding carboxylic acids is 3. The van der Waals surface area contributed by atoms with Crippen LogP contribution in [0.3, 0.4) is 0 Å². The van der Waals surface area contributed by atoms with Crippen molar-refractivity contribution in [3.8, 4) is 0 Å². The number of ether oxygens (including phenoxy) is 2. The topological polar surface area (TPSA) is 79.4 Å². The third-order valence-electron chi connectivity index (χ3n) is 4.21. The Bertz CT molecular complexity index is 588. The highest BCUT2D eigenvalue weighted by molar-refractivity contribution is 5.82. The lowest BCUT2D eigenvalue weighted by atomic mass is 10.2. The van der Waals surface area contributed by atoms with Crippen LogP contribution in [0.1, 0.15) is 5.56 Å². The second-order valence-electron chi connectivity index (χ2n) is 6.09. The van der Waals surface area contributed by atoms with E-state index in [0.717, 1.165) is 18.7 Å². The molecule has 0 N–H and O–H groups in total. The summed E-state index contributed by atoms with van der Waals surface area (Å²) in [6.45, 7) is 4.24. The molecule has 0 spiro atoms. The van der Waals surface area contributed by atoms with Crippen molar-refractivity contribution in [2.24, 2.45) is 0 Å². The van der Waals surface area contributed by atoms with Gasteiger partial charge >= 0.3 is 6.09 Å². The molecule has 8 heteroatoms. The van der Waals surface area contributed by atoms with E-state index in [1.165, 1.54) is 4.90 Å². The standard InChI is InChI=1S/C18H25N3O5/c1-19(18(24)26-14-16-5-3-2-4-6-16)13-17(23)21-9-7-20(8-10-21)11-12-25-15-22/h2-6,15H,7-14H2,1H3. The van der Waals surface area contributed by atoms with Gasteiger partial charge in [-0.05, 0) is 5.56 Å².